The number of halogens is 3. The van der Waals surface area contributed by atoms with Gasteiger partial charge in [-0.1, -0.05) is 13.8 Å². The van der Waals surface area contributed by atoms with E-state index in [1.165, 1.54) is 12.1 Å². The molecule has 0 aliphatic carbocycles. The lowest BCUT2D eigenvalue weighted by Gasteiger charge is -2.26. The van der Waals surface area contributed by atoms with Crippen LogP contribution < -0.4 is 5.73 Å². The van der Waals surface area contributed by atoms with Crippen molar-refractivity contribution in [3.8, 4) is 0 Å². The van der Waals surface area contributed by atoms with Gasteiger partial charge in [-0.2, -0.15) is 0 Å². The number of benzene rings is 1. The topological polar surface area (TPSA) is 35.2 Å². The third-order valence-electron chi connectivity index (χ3n) is 2.93. The van der Waals surface area contributed by atoms with Crippen molar-refractivity contribution >= 4 is 15.9 Å². The quantitative estimate of drug-likeness (QED) is 0.845. The highest BCUT2D eigenvalue weighted by Crippen LogP contribution is 2.24. The lowest BCUT2D eigenvalue weighted by Crippen LogP contribution is -2.41. The third kappa shape index (κ3) is 3.49. The predicted octanol–water partition coefficient (Wildman–Crippen LogP) is 3.27. The van der Waals surface area contributed by atoms with Crippen LogP contribution in [0.2, 0.25) is 0 Å². The summed E-state index contributed by atoms with van der Waals surface area (Å²) in [5.41, 5.74) is 5.98. The fourth-order valence-electron chi connectivity index (χ4n) is 2.05. The second-order valence-corrected chi connectivity index (χ2v) is 5.49. The van der Waals surface area contributed by atoms with E-state index in [-0.39, 0.29) is 28.5 Å². The standard InChI is InChI=1S/C13H18BrF2NO/c1-7(2)13(18-3)11(17)6-8-10(15)5-4-9(14)12(8)16/h4-5,7,11,13H,6,17H2,1-3H3. The highest BCUT2D eigenvalue weighted by molar-refractivity contribution is 9.10. The number of nitrogens with two attached hydrogens (primary N) is 1. The van der Waals surface area contributed by atoms with Gasteiger partial charge in [0.25, 0.3) is 0 Å². The second-order valence-electron chi connectivity index (χ2n) is 4.63. The van der Waals surface area contributed by atoms with Crippen LogP contribution in [0.1, 0.15) is 19.4 Å². The van der Waals surface area contributed by atoms with Crippen LogP contribution in [0.4, 0.5) is 8.78 Å². The normalized spacial score (nSPS) is 14.9. The third-order valence-corrected chi connectivity index (χ3v) is 3.54. The van der Waals surface area contributed by atoms with Gasteiger partial charge in [0, 0.05) is 18.7 Å². The van der Waals surface area contributed by atoms with Crippen LogP contribution in [-0.4, -0.2) is 19.3 Å². The lowest BCUT2D eigenvalue weighted by atomic mass is 9.94. The molecule has 2 atom stereocenters. The van der Waals surface area contributed by atoms with Gasteiger partial charge in [0.2, 0.25) is 0 Å². The van der Waals surface area contributed by atoms with Gasteiger partial charge in [-0.25, -0.2) is 8.78 Å². The van der Waals surface area contributed by atoms with E-state index in [4.69, 9.17) is 10.5 Å². The van der Waals surface area contributed by atoms with Crippen LogP contribution >= 0.6 is 15.9 Å². The van der Waals surface area contributed by atoms with Gasteiger partial charge in [0.1, 0.15) is 11.6 Å². The molecule has 0 heterocycles. The maximum Gasteiger partial charge on any atom is 0.143 e. The zero-order valence-electron chi connectivity index (χ0n) is 10.7. The summed E-state index contributed by atoms with van der Waals surface area (Å²) in [4.78, 5) is 0. The van der Waals surface area contributed by atoms with Crippen LogP contribution in [-0.2, 0) is 11.2 Å². The molecule has 0 saturated heterocycles. The first kappa shape index (κ1) is 15.5. The minimum Gasteiger partial charge on any atom is -0.380 e. The van der Waals surface area contributed by atoms with E-state index < -0.39 is 17.7 Å². The molecule has 5 heteroatoms. The molecule has 1 aromatic rings. The number of hydrogen-bond donors (Lipinski definition) is 1. The Labute approximate surface area is 115 Å². The Morgan fingerprint density at radius 2 is 1.94 bits per heavy atom. The van der Waals surface area contributed by atoms with E-state index in [2.05, 4.69) is 15.9 Å². The zero-order chi connectivity index (χ0) is 13.9. The Hall–Kier alpha value is -0.520. The van der Waals surface area contributed by atoms with Gasteiger partial charge in [0.05, 0.1) is 10.6 Å². The second kappa shape index (κ2) is 6.59. The number of rotatable bonds is 5. The molecule has 0 spiro atoms. The minimum absolute atomic E-state index is 0.000394. The molecule has 0 bridgehead atoms. The molecule has 2 unspecified atom stereocenters. The average Bonchev–Trinajstić information content (AvgIpc) is 2.30. The van der Waals surface area contributed by atoms with Gasteiger partial charge in [-0.3, -0.25) is 0 Å². The molecule has 0 aliphatic heterocycles. The monoisotopic (exact) mass is 321 g/mol. The predicted molar refractivity (Wildman–Crippen MR) is 71.4 cm³/mol. The molecule has 0 fully saturated rings. The number of hydrogen-bond acceptors (Lipinski definition) is 2. The molecule has 1 rings (SSSR count). The van der Waals surface area contributed by atoms with Crippen LogP contribution in [0.15, 0.2) is 16.6 Å². The molecule has 0 amide bonds. The van der Waals surface area contributed by atoms with Crippen molar-refractivity contribution in [3.63, 3.8) is 0 Å². The van der Waals surface area contributed by atoms with Crippen molar-refractivity contribution in [1.29, 1.82) is 0 Å². The highest BCUT2D eigenvalue weighted by Gasteiger charge is 2.24. The van der Waals surface area contributed by atoms with E-state index >= 15 is 0 Å². The summed E-state index contributed by atoms with van der Waals surface area (Å²) in [6, 6.07) is 2.12. The Kier molecular flexibility index (Phi) is 5.69. The van der Waals surface area contributed by atoms with Crippen molar-refractivity contribution in [2.24, 2.45) is 11.7 Å². The Balaban J connectivity index is 2.94. The molecule has 0 aromatic heterocycles. The highest BCUT2D eigenvalue weighted by atomic mass is 79.9. The van der Waals surface area contributed by atoms with Crippen molar-refractivity contribution in [2.75, 3.05) is 7.11 Å². The van der Waals surface area contributed by atoms with E-state index in [1.807, 2.05) is 13.8 Å². The fraction of sp³-hybridized carbons (Fsp3) is 0.538. The smallest absolute Gasteiger partial charge is 0.143 e. The van der Waals surface area contributed by atoms with E-state index in [9.17, 15) is 8.78 Å². The van der Waals surface area contributed by atoms with Crippen molar-refractivity contribution in [2.45, 2.75) is 32.4 Å². The average molecular weight is 322 g/mol. The van der Waals surface area contributed by atoms with Crippen LogP contribution in [0.3, 0.4) is 0 Å². The summed E-state index contributed by atoms with van der Waals surface area (Å²) in [5, 5.41) is 0. The fourth-order valence-corrected chi connectivity index (χ4v) is 2.42. The molecule has 102 valence electrons. The SMILES string of the molecule is COC(C(C)C)C(N)Cc1c(F)ccc(Br)c1F. The minimum atomic E-state index is -0.593. The Morgan fingerprint density at radius 1 is 1.33 bits per heavy atom. The van der Waals surface area contributed by atoms with Crippen LogP contribution in [0.25, 0.3) is 0 Å². The lowest BCUT2D eigenvalue weighted by molar-refractivity contribution is 0.0437. The van der Waals surface area contributed by atoms with Gasteiger partial charge in [0.15, 0.2) is 0 Å². The largest absolute Gasteiger partial charge is 0.380 e. The van der Waals surface area contributed by atoms with Crippen LogP contribution in [0.5, 0.6) is 0 Å². The molecule has 18 heavy (non-hydrogen) atoms. The maximum atomic E-state index is 13.8. The molecule has 2 nitrogen and oxygen atoms in total. The van der Waals surface area contributed by atoms with Crippen LogP contribution in [0, 0.1) is 17.6 Å². The van der Waals surface area contributed by atoms with Gasteiger partial charge >= 0.3 is 0 Å². The summed E-state index contributed by atoms with van der Waals surface area (Å²) in [7, 11) is 1.55. The molecular formula is C13H18BrF2NO. The van der Waals surface area contributed by atoms with E-state index in [0.717, 1.165) is 0 Å². The molecular weight excluding hydrogens is 304 g/mol. The molecule has 0 aliphatic rings. The van der Waals surface area contributed by atoms with Crippen molar-refractivity contribution in [1.82, 2.24) is 0 Å². The summed E-state index contributed by atoms with van der Waals surface area (Å²) in [6.45, 7) is 3.92. The van der Waals surface area contributed by atoms with Crippen molar-refractivity contribution < 1.29 is 13.5 Å². The number of ether oxygens (including phenoxy) is 1. The summed E-state index contributed by atoms with van der Waals surface area (Å²) in [6.07, 6.45) is -0.129. The van der Waals surface area contributed by atoms with E-state index in [1.54, 1.807) is 7.11 Å². The van der Waals surface area contributed by atoms with Gasteiger partial charge in [-0.05, 0) is 40.4 Å². The first-order valence-electron chi connectivity index (χ1n) is 5.79. The number of methoxy groups -OCH3 is 1. The molecule has 1 aromatic carbocycles. The zero-order valence-corrected chi connectivity index (χ0v) is 12.3. The van der Waals surface area contributed by atoms with Gasteiger partial charge in [-0.15, -0.1) is 0 Å². The summed E-state index contributed by atoms with van der Waals surface area (Å²) >= 11 is 3.04. The summed E-state index contributed by atoms with van der Waals surface area (Å²) in [5.74, 6) is -0.989. The van der Waals surface area contributed by atoms with Crippen molar-refractivity contribution in [3.05, 3.63) is 33.8 Å². The van der Waals surface area contributed by atoms with E-state index in [0.29, 0.717) is 0 Å². The maximum absolute atomic E-state index is 13.8. The molecule has 0 saturated carbocycles. The first-order valence-corrected chi connectivity index (χ1v) is 6.58. The molecule has 0 radical (unpaired) electrons. The molecule has 2 N–H and O–H groups in total. The first-order chi connectivity index (χ1) is 8.38. The Morgan fingerprint density at radius 3 is 2.44 bits per heavy atom. The van der Waals surface area contributed by atoms with Gasteiger partial charge < -0.3 is 10.5 Å². The summed E-state index contributed by atoms with van der Waals surface area (Å²) < 4.78 is 32.9. The Bertz CT molecular complexity index is 412.